The number of nitrogens with zero attached hydrogens (tertiary/aromatic N) is 1. The molecule has 0 radical (unpaired) electrons. The lowest BCUT2D eigenvalue weighted by Gasteiger charge is -2.16. The van der Waals surface area contributed by atoms with Gasteiger partial charge in [-0.1, -0.05) is 48.3 Å². The molecule has 1 aliphatic rings. The van der Waals surface area contributed by atoms with Crippen LogP contribution in [-0.4, -0.2) is 67.8 Å². The van der Waals surface area contributed by atoms with Crippen molar-refractivity contribution in [1.82, 2.24) is 4.90 Å². The van der Waals surface area contributed by atoms with E-state index >= 15 is 0 Å². The molecule has 0 aromatic heterocycles. The Bertz CT molecular complexity index is 815. The first-order chi connectivity index (χ1) is 15.4. The van der Waals surface area contributed by atoms with Crippen LogP contribution in [0.3, 0.4) is 0 Å². The van der Waals surface area contributed by atoms with Gasteiger partial charge in [0.1, 0.15) is 4.32 Å². The normalized spacial score (nSPS) is 16.1. The molecule has 0 N–H and O–H groups in total. The molecule has 176 valence electrons. The molecule has 8 nitrogen and oxygen atoms in total. The Morgan fingerprint density at radius 1 is 1.09 bits per heavy atom. The molecule has 1 aromatic rings. The highest BCUT2D eigenvalue weighted by atomic mass is 32.2. The number of thiocarbonyl (C=S) groups is 1. The molecule has 0 spiro atoms. The quantitative estimate of drug-likeness (QED) is 0.180. The van der Waals surface area contributed by atoms with Gasteiger partial charge in [-0.05, 0) is 31.5 Å². The first-order valence-electron chi connectivity index (χ1n) is 9.96. The highest BCUT2D eigenvalue weighted by molar-refractivity contribution is 8.23. The highest BCUT2D eigenvalue weighted by Gasteiger charge is 2.21. The summed E-state index contributed by atoms with van der Waals surface area (Å²) in [5.41, 5.74) is 0.850. The van der Waals surface area contributed by atoms with Gasteiger partial charge in [-0.2, -0.15) is 0 Å². The van der Waals surface area contributed by atoms with Crippen molar-refractivity contribution in [3.8, 4) is 11.5 Å². The van der Waals surface area contributed by atoms with Crippen molar-refractivity contribution in [1.29, 1.82) is 0 Å². The molecule has 0 aliphatic carbocycles. The topological polar surface area (TPSA) is 75.7 Å². The Kier molecular flexibility index (Phi) is 11.7. The highest BCUT2D eigenvalue weighted by Crippen LogP contribution is 2.29. The minimum absolute atomic E-state index is 0.00260. The third kappa shape index (κ3) is 8.89. The van der Waals surface area contributed by atoms with Gasteiger partial charge in [-0.25, -0.2) is 0 Å². The van der Waals surface area contributed by atoms with Gasteiger partial charge in [0.2, 0.25) is 0 Å². The molecule has 10 heteroatoms. The smallest absolute Gasteiger partial charge is 0.252 e. The monoisotopic (exact) mass is 483 g/mol. The number of allylic oxidation sites excluding steroid dienone is 2. The van der Waals surface area contributed by atoms with E-state index in [-0.39, 0.29) is 19.5 Å². The molecular weight excluding hydrogens is 454 g/mol. The maximum Gasteiger partial charge on any atom is 0.252 e. The fourth-order valence-corrected chi connectivity index (χ4v) is 3.59. The summed E-state index contributed by atoms with van der Waals surface area (Å²) in [5, 5.41) is 0. The van der Waals surface area contributed by atoms with Crippen LogP contribution in [0.1, 0.15) is 19.4 Å². The van der Waals surface area contributed by atoms with Gasteiger partial charge in [0.05, 0.1) is 0 Å². The van der Waals surface area contributed by atoms with E-state index in [1.54, 1.807) is 57.3 Å². The van der Waals surface area contributed by atoms with Gasteiger partial charge in [-0.15, -0.1) is 0 Å². The number of methoxy groups -OCH3 is 2. The number of carbonyl (C=O) groups excluding carboxylic acids is 1. The maximum atomic E-state index is 12.2. The molecule has 2 unspecified atom stereocenters. The average Bonchev–Trinajstić information content (AvgIpc) is 3.23. The van der Waals surface area contributed by atoms with Crippen LogP contribution in [0.5, 0.6) is 11.5 Å². The zero-order valence-electron chi connectivity index (χ0n) is 18.6. The molecule has 1 amide bonds. The minimum Gasteiger partial charge on any atom is -0.464 e. The third-order valence-corrected chi connectivity index (χ3v) is 5.76. The van der Waals surface area contributed by atoms with Crippen LogP contribution in [0.25, 0.3) is 6.08 Å². The van der Waals surface area contributed by atoms with Crippen LogP contribution in [0.15, 0.2) is 36.4 Å². The Morgan fingerprint density at radius 3 is 2.34 bits per heavy atom. The van der Waals surface area contributed by atoms with Gasteiger partial charge in [0.15, 0.2) is 37.7 Å². The lowest BCUT2D eigenvalue weighted by molar-refractivity contribution is -0.155. The van der Waals surface area contributed by atoms with E-state index in [0.717, 1.165) is 11.3 Å². The zero-order chi connectivity index (χ0) is 23.3. The van der Waals surface area contributed by atoms with Crippen molar-refractivity contribution in [3.63, 3.8) is 0 Å². The fraction of sp³-hybridized carbons (Fsp3) is 0.455. The SMILES string of the molecule is COC(C)OCOc1ccc(/C=C/C=C/C(=O)N2CCSC2=S)cc1OCOC(C)OC. The van der Waals surface area contributed by atoms with Crippen molar-refractivity contribution in [2.45, 2.75) is 26.4 Å². The summed E-state index contributed by atoms with van der Waals surface area (Å²) in [5.74, 6) is 1.69. The van der Waals surface area contributed by atoms with Crippen molar-refractivity contribution in [2.24, 2.45) is 0 Å². The molecule has 2 atom stereocenters. The van der Waals surface area contributed by atoms with Crippen LogP contribution in [-0.2, 0) is 23.7 Å². The van der Waals surface area contributed by atoms with Crippen LogP contribution < -0.4 is 9.47 Å². The molecule has 2 rings (SSSR count). The van der Waals surface area contributed by atoms with Gasteiger partial charge in [0, 0.05) is 32.6 Å². The summed E-state index contributed by atoms with van der Waals surface area (Å²) >= 11 is 6.68. The summed E-state index contributed by atoms with van der Waals surface area (Å²) in [6.45, 7) is 4.16. The second-order valence-electron chi connectivity index (χ2n) is 6.49. The number of rotatable bonds is 13. The summed E-state index contributed by atoms with van der Waals surface area (Å²) in [4.78, 5) is 13.8. The lowest BCUT2D eigenvalue weighted by Crippen LogP contribution is -2.28. The molecule has 1 saturated heterocycles. The molecule has 1 aliphatic heterocycles. The predicted molar refractivity (Wildman–Crippen MR) is 127 cm³/mol. The number of ether oxygens (including phenoxy) is 6. The summed E-state index contributed by atoms with van der Waals surface area (Å²) < 4.78 is 32.8. The summed E-state index contributed by atoms with van der Waals surface area (Å²) in [7, 11) is 3.10. The van der Waals surface area contributed by atoms with E-state index in [2.05, 4.69) is 0 Å². The maximum absolute atomic E-state index is 12.2. The van der Waals surface area contributed by atoms with Gasteiger partial charge >= 0.3 is 0 Å². The summed E-state index contributed by atoms with van der Waals surface area (Å²) in [6.07, 6.45) is 6.00. The predicted octanol–water partition coefficient (Wildman–Crippen LogP) is 3.81. The number of hydrogen-bond donors (Lipinski definition) is 0. The lowest BCUT2D eigenvalue weighted by atomic mass is 10.2. The van der Waals surface area contributed by atoms with Crippen molar-refractivity contribution < 1.29 is 33.2 Å². The second kappa shape index (κ2) is 14.2. The molecule has 32 heavy (non-hydrogen) atoms. The van der Waals surface area contributed by atoms with Gasteiger partial charge in [0.25, 0.3) is 5.91 Å². The molecule has 0 saturated carbocycles. The Hall–Kier alpha value is -1.95. The first-order valence-corrected chi connectivity index (χ1v) is 11.4. The van der Waals surface area contributed by atoms with Crippen LogP contribution in [0, 0.1) is 0 Å². The number of thioether (sulfide) groups is 1. The zero-order valence-corrected chi connectivity index (χ0v) is 20.3. The largest absolute Gasteiger partial charge is 0.464 e. The van der Waals surface area contributed by atoms with E-state index in [9.17, 15) is 4.79 Å². The second-order valence-corrected chi connectivity index (χ2v) is 8.22. The molecular formula is C22H29NO7S2. The van der Waals surface area contributed by atoms with Crippen LogP contribution >= 0.6 is 24.0 Å². The van der Waals surface area contributed by atoms with E-state index in [0.29, 0.717) is 22.4 Å². The van der Waals surface area contributed by atoms with E-state index < -0.39 is 12.6 Å². The molecule has 1 aromatic carbocycles. The third-order valence-electron chi connectivity index (χ3n) is 4.33. The number of hydrogen-bond acceptors (Lipinski definition) is 9. The van der Waals surface area contributed by atoms with E-state index in [1.165, 1.54) is 17.8 Å². The van der Waals surface area contributed by atoms with E-state index in [1.807, 2.05) is 12.1 Å². The standard InChI is InChI=1S/C22H29NO7S2/c1-16(25-3)27-14-29-19-10-9-18(13-20(19)30-15-28-17(2)26-4)7-5-6-8-21(24)23-11-12-32-22(23)31/h5-10,13,16-17H,11-12,14-15H2,1-4H3/b7-5+,8-6+. The minimum atomic E-state index is -0.405. The molecule has 1 fully saturated rings. The number of benzene rings is 1. The van der Waals surface area contributed by atoms with Crippen molar-refractivity contribution >= 4 is 40.3 Å². The fourth-order valence-electron chi connectivity index (χ4n) is 2.37. The molecule has 0 bridgehead atoms. The van der Waals surface area contributed by atoms with Gasteiger partial charge in [-0.3, -0.25) is 9.69 Å². The van der Waals surface area contributed by atoms with Crippen LogP contribution in [0.2, 0.25) is 0 Å². The number of amides is 1. The number of carbonyl (C=O) groups is 1. The van der Waals surface area contributed by atoms with Crippen molar-refractivity contribution in [3.05, 3.63) is 42.0 Å². The Morgan fingerprint density at radius 2 is 1.75 bits per heavy atom. The van der Waals surface area contributed by atoms with E-state index in [4.69, 9.17) is 40.6 Å². The molecule has 1 heterocycles. The van der Waals surface area contributed by atoms with Crippen molar-refractivity contribution in [2.75, 3.05) is 40.1 Å². The Labute approximate surface area is 198 Å². The first kappa shape index (κ1) is 26.3. The summed E-state index contributed by atoms with van der Waals surface area (Å²) in [6, 6.07) is 5.43. The Balaban J connectivity index is 2.01. The van der Waals surface area contributed by atoms with Gasteiger partial charge < -0.3 is 28.4 Å². The average molecular weight is 484 g/mol. The van der Waals surface area contributed by atoms with Crippen LogP contribution in [0.4, 0.5) is 0 Å².